The van der Waals surface area contributed by atoms with Gasteiger partial charge in [-0.2, -0.15) is 5.10 Å². The van der Waals surface area contributed by atoms with Gasteiger partial charge in [-0.05, 0) is 50.2 Å². The van der Waals surface area contributed by atoms with E-state index in [1.54, 1.807) is 16.8 Å². The fourth-order valence-corrected chi connectivity index (χ4v) is 2.89. The van der Waals surface area contributed by atoms with Gasteiger partial charge in [0.15, 0.2) is 18.2 Å². The highest BCUT2D eigenvalue weighted by Crippen LogP contribution is 2.23. The second-order valence-electron chi connectivity index (χ2n) is 5.77. The molecule has 0 fully saturated rings. The number of carbonyl (C=O) groups excluding carboxylic acids is 1. The van der Waals surface area contributed by atoms with E-state index in [0.29, 0.717) is 10.2 Å². The number of amides is 1. The van der Waals surface area contributed by atoms with E-state index in [0.717, 1.165) is 17.1 Å². The molecule has 0 aliphatic heterocycles. The van der Waals surface area contributed by atoms with Crippen molar-refractivity contribution in [2.45, 2.75) is 13.8 Å². The summed E-state index contributed by atoms with van der Waals surface area (Å²) in [4.78, 5) is 12.2. The number of hydrogen-bond donors (Lipinski definition) is 1. The van der Waals surface area contributed by atoms with Crippen LogP contribution in [0.15, 0.2) is 53.0 Å². The van der Waals surface area contributed by atoms with Gasteiger partial charge in [0.25, 0.3) is 5.91 Å². The lowest BCUT2D eigenvalue weighted by atomic mass is 10.2. The first-order valence-corrected chi connectivity index (χ1v) is 8.73. The Morgan fingerprint density at radius 2 is 2.00 bits per heavy atom. The van der Waals surface area contributed by atoms with Crippen molar-refractivity contribution in [3.8, 4) is 11.4 Å². The fraction of sp³-hybridized carbons (Fsp3) is 0.158. The number of halogens is 2. The molecule has 3 rings (SSSR count). The molecule has 0 aliphatic rings. The van der Waals surface area contributed by atoms with Gasteiger partial charge in [-0.3, -0.25) is 4.79 Å². The Morgan fingerprint density at radius 1 is 1.23 bits per heavy atom. The van der Waals surface area contributed by atoms with E-state index in [4.69, 9.17) is 4.74 Å². The number of hydrogen-bond acceptors (Lipinski definition) is 3. The summed E-state index contributed by atoms with van der Waals surface area (Å²) in [6.07, 6.45) is 0. The molecule has 2 aromatic carbocycles. The van der Waals surface area contributed by atoms with Gasteiger partial charge in [0, 0.05) is 10.2 Å². The molecule has 0 saturated carbocycles. The van der Waals surface area contributed by atoms with Gasteiger partial charge in [-0.25, -0.2) is 9.07 Å². The minimum Gasteiger partial charge on any atom is -0.481 e. The Balaban J connectivity index is 1.73. The van der Waals surface area contributed by atoms with E-state index in [2.05, 4.69) is 26.3 Å². The third kappa shape index (κ3) is 4.11. The molecule has 1 aromatic heterocycles. The topological polar surface area (TPSA) is 56.2 Å². The van der Waals surface area contributed by atoms with Crippen molar-refractivity contribution < 1.29 is 13.9 Å². The van der Waals surface area contributed by atoms with Crippen LogP contribution in [0.1, 0.15) is 11.4 Å². The molecule has 1 heterocycles. The normalized spacial score (nSPS) is 10.6. The molecule has 0 atom stereocenters. The predicted octanol–water partition coefficient (Wildman–Crippen LogP) is 4.41. The molecular formula is C19H17BrFN3O2. The van der Waals surface area contributed by atoms with Crippen molar-refractivity contribution >= 4 is 27.5 Å². The second-order valence-corrected chi connectivity index (χ2v) is 6.68. The highest BCUT2D eigenvalue weighted by Gasteiger charge is 2.12. The van der Waals surface area contributed by atoms with Crippen LogP contribution in [-0.2, 0) is 4.79 Å². The summed E-state index contributed by atoms with van der Waals surface area (Å²) < 4.78 is 21.4. The minimum atomic E-state index is -0.532. The molecule has 0 unspecified atom stereocenters. The van der Waals surface area contributed by atoms with Crippen LogP contribution in [0.4, 0.5) is 10.1 Å². The Kier molecular flexibility index (Phi) is 5.37. The molecule has 1 N–H and O–H groups in total. The number of benzene rings is 2. The average Bonchev–Trinajstić information content (AvgIpc) is 2.93. The molecule has 0 spiro atoms. The fourth-order valence-electron chi connectivity index (χ4n) is 2.56. The number of carbonyl (C=O) groups is 1. The molecule has 0 radical (unpaired) electrons. The Bertz CT molecular complexity index is 956. The number of ether oxygens (including phenoxy) is 1. The van der Waals surface area contributed by atoms with Crippen LogP contribution >= 0.6 is 15.9 Å². The van der Waals surface area contributed by atoms with Crippen LogP contribution in [0.3, 0.4) is 0 Å². The summed E-state index contributed by atoms with van der Waals surface area (Å²) in [5, 5.41) is 7.23. The third-order valence-electron chi connectivity index (χ3n) is 3.67. The van der Waals surface area contributed by atoms with Crippen molar-refractivity contribution in [1.82, 2.24) is 9.78 Å². The van der Waals surface area contributed by atoms with Crippen molar-refractivity contribution in [1.29, 1.82) is 0 Å². The van der Waals surface area contributed by atoms with E-state index in [-0.39, 0.29) is 18.3 Å². The van der Waals surface area contributed by atoms with E-state index in [1.807, 2.05) is 38.1 Å². The molecule has 7 heteroatoms. The van der Waals surface area contributed by atoms with Crippen LogP contribution in [-0.4, -0.2) is 22.3 Å². The first-order chi connectivity index (χ1) is 12.4. The SMILES string of the molecule is Cc1cc(C)n(-c2ccccc2NC(=O)COc2ccc(Br)cc2F)n1. The minimum absolute atomic E-state index is 0.0233. The number of anilines is 1. The summed E-state index contributed by atoms with van der Waals surface area (Å²) in [7, 11) is 0. The van der Waals surface area contributed by atoms with Crippen LogP contribution in [0.25, 0.3) is 5.69 Å². The number of rotatable bonds is 5. The quantitative estimate of drug-likeness (QED) is 0.668. The van der Waals surface area contributed by atoms with Gasteiger partial charge in [0.1, 0.15) is 0 Å². The van der Waals surface area contributed by atoms with Gasteiger partial charge in [-0.1, -0.05) is 28.1 Å². The number of aromatic nitrogens is 2. The molecule has 5 nitrogen and oxygen atoms in total. The summed E-state index contributed by atoms with van der Waals surface area (Å²) in [6, 6.07) is 13.7. The Hall–Kier alpha value is -2.67. The molecule has 134 valence electrons. The summed E-state index contributed by atoms with van der Waals surface area (Å²) in [5.74, 6) is -0.897. The number of aryl methyl sites for hydroxylation is 2. The molecule has 0 aliphatic carbocycles. The highest BCUT2D eigenvalue weighted by atomic mass is 79.9. The van der Waals surface area contributed by atoms with Gasteiger partial charge in [0.05, 0.1) is 17.1 Å². The van der Waals surface area contributed by atoms with Crippen molar-refractivity contribution in [2.24, 2.45) is 0 Å². The van der Waals surface area contributed by atoms with E-state index in [1.165, 1.54) is 12.1 Å². The highest BCUT2D eigenvalue weighted by molar-refractivity contribution is 9.10. The summed E-state index contributed by atoms with van der Waals surface area (Å²) >= 11 is 3.18. The van der Waals surface area contributed by atoms with E-state index >= 15 is 0 Å². The molecule has 3 aromatic rings. The van der Waals surface area contributed by atoms with E-state index < -0.39 is 5.82 Å². The third-order valence-corrected chi connectivity index (χ3v) is 4.16. The lowest BCUT2D eigenvalue weighted by molar-refractivity contribution is -0.118. The van der Waals surface area contributed by atoms with Gasteiger partial charge >= 0.3 is 0 Å². The second kappa shape index (κ2) is 7.70. The molecule has 0 bridgehead atoms. The number of nitrogens with one attached hydrogen (secondary N) is 1. The van der Waals surface area contributed by atoms with Gasteiger partial charge < -0.3 is 10.1 Å². The smallest absolute Gasteiger partial charge is 0.262 e. The molecule has 26 heavy (non-hydrogen) atoms. The zero-order valence-electron chi connectivity index (χ0n) is 14.3. The average molecular weight is 418 g/mol. The lowest BCUT2D eigenvalue weighted by Crippen LogP contribution is -2.21. The van der Waals surface area contributed by atoms with Crippen LogP contribution in [0, 0.1) is 19.7 Å². The van der Waals surface area contributed by atoms with Gasteiger partial charge in [-0.15, -0.1) is 0 Å². The first-order valence-electron chi connectivity index (χ1n) is 7.94. The largest absolute Gasteiger partial charge is 0.481 e. The maximum atomic E-state index is 13.8. The number of para-hydroxylation sites is 2. The van der Waals surface area contributed by atoms with Gasteiger partial charge in [0.2, 0.25) is 0 Å². The lowest BCUT2D eigenvalue weighted by Gasteiger charge is -2.13. The summed E-state index contributed by atoms with van der Waals surface area (Å²) in [6.45, 7) is 3.55. The Labute approximate surface area is 158 Å². The van der Waals surface area contributed by atoms with Crippen LogP contribution in [0.2, 0.25) is 0 Å². The predicted molar refractivity (Wildman–Crippen MR) is 101 cm³/mol. The maximum Gasteiger partial charge on any atom is 0.262 e. The van der Waals surface area contributed by atoms with Crippen molar-refractivity contribution in [3.63, 3.8) is 0 Å². The van der Waals surface area contributed by atoms with Crippen LogP contribution in [0.5, 0.6) is 5.75 Å². The first kappa shape index (κ1) is 18.1. The van der Waals surface area contributed by atoms with E-state index in [9.17, 15) is 9.18 Å². The van der Waals surface area contributed by atoms with Crippen molar-refractivity contribution in [2.75, 3.05) is 11.9 Å². The summed E-state index contributed by atoms with van der Waals surface area (Å²) in [5.41, 5.74) is 3.19. The molecule has 1 amide bonds. The Morgan fingerprint density at radius 3 is 2.69 bits per heavy atom. The molecular weight excluding hydrogens is 401 g/mol. The van der Waals surface area contributed by atoms with Crippen molar-refractivity contribution in [3.05, 3.63) is 70.2 Å². The zero-order chi connectivity index (χ0) is 18.7. The standard InChI is InChI=1S/C19H17BrFN3O2/c1-12-9-13(2)24(23-12)17-6-4-3-5-16(17)22-19(25)11-26-18-8-7-14(20)10-15(18)21/h3-10H,11H2,1-2H3,(H,22,25). The van der Waals surface area contributed by atoms with Crippen LogP contribution < -0.4 is 10.1 Å². The maximum absolute atomic E-state index is 13.8. The molecule has 0 saturated heterocycles. The number of nitrogens with zero attached hydrogens (tertiary/aromatic N) is 2. The zero-order valence-corrected chi connectivity index (χ0v) is 15.9. The monoisotopic (exact) mass is 417 g/mol.